The van der Waals surface area contributed by atoms with Crippen LogP contribution in [0.25, 0.3) is 34.4 Å². The molecule has 0 nitrogen and oxygen atoms in total. The first-order valence-corrected chi connectivity index (χ1v) is 15.7. The van der Waals surface area contributed by atoms with Crippen LogP contribution in [0.2, 0.25) is 12.1 Å². The average Bonchev–Trinajstić information content (AvgIpc) is 3.38. The lowest BCUT2D eigenvalue weighted by molar-refractivity contribution is 0.876. The van der Waals surface area contributed by atoms with Crippen molar-refractivity contribution in [1.29, 1.82) is 0 Å². The molecular formula is C38H38Si. The highest BCUT2D eigenvalue weighted by Gasteiger charge is 2.28. The fraction of sp³-hybridized carbons (Fsp3) is 0.263. The van der Waals surface area contributed by atoms with E-state index in [1.165, 1.54) is 90.0 Å². The molecule has 0 N–H and O–H groups in total. The Balaban J connectivity index is 1.22. The minimum atomic E-state index is 0.538. The topological polar surface area (TPSA) is 0 Å². The summed E-state index contributed by atoms with van der Waals surface area (Å²) in [7, 11) is 0.933. The minimum absolute atomic E-state index is 0.538. The third-order valence-electron chi connectivity index (χ3n) is 8.64. The molecule has 39 heavy (non-hydrogen) atoms. The molecule has 2 unspecified atom stereocenters. The summed E-state index contributed by atoms with van der Waals surface area (Å²) in [6.07, 6.45) is 4.92. The van der Waals surface area contributed by atoms with Gasteiger partial charge < -0.3 is 0 Å². The van der Waals surface area contributed by atoms with Crippen molar-refractivity contribution in [1.82, 2.24) is 0 Å². The van der Waals surface area contributed by atoms with Crippen molar-refractivity contribution in [2.45, 2.75) is 65.5 Å². The monoisotopic (exact) mass is 522 g/mol. The summed E-state index contributed by atoms with van der Waals surface area (Å²) >= 11 is 0. The van der Waals surface area contributed by atoms with Gasteiger partial charge in [0.25, 0.3) is 0 Å². The van der Waals surface area contributed by atoms with Crippen LogP contribution in [-0.2, 0) is 0 Å². The molecule has 0 saturated heterocycles. The van der Waals surface area contributed by atoms with Crippen molar-refractivity contribution in [2.24, 2.45) is 0 Å². The fourth-order valence-electron chi connectivity index (χ4n) is 6.92. The molecule has 1 heteroatoms. The Morgan fingerprint density at radius 2 is 0.897 bits per heavy atom. The molecule has 0 heterocycles. The van der Waals surface area contributed by atoms with E-state index < -0.39 is 0 Å². The molecule has 0 aromatic heterocycles. The Bertz CT molecular complexity index is 1480. The van der Waals surface area contributed by atoms with Crippen LogP contribution in [0.3, 0.4) is 0 Å². The molecule has 0 bridgehead atoms. The number of hydrogen-bond donors (Lipinski definition) is 0. The Morgan fingerprint density at radius 1 is 0.513 bits per heavy atom. The van der Waals surface area contributed by atoms with Crippen molar-refractivity contribution in [3.8, 4) is 22.3 Å². The molecule has 2 atom stereocenters. The lowest BCUT2D eigenvalue weighted by Gasteiger charge is -2.19. The lowest BCUT2D eigenvalue weighted by Crippen LogP contribution is -2.06. The molecule has 2 radical (unpaired) electrons. The number of fused-ring (bicyclic) bond motifs is 2. The summed E-state index contributed by atoms with van der Waals surface area (Å²) in [5.74, 6) is 1.08. The van der Waals surface area contributed by atoms with Gasteiger partial charge in [0.1, 0.15) is 0 Å². The van der Waals surface area contributed by atoms with Gasteiger partial charge in [-0.05, 0) is 86.1 Å². The second-order valence-corrected chi connectivity index (χ2v) is 13.2. The fourth-order valence-corrected chi connectivity index (χ4v) is 8.75. The Hall–Kier alpha value is -3.42. The van der Waals surface area contributed by atoms with E-state index in [0.29, 0.717) is 11.8 Å². The molecule has 0 saturated carbocycles. The summed E-state index contributed by atoms with van der Waals surface area (Å²) in [4.78, 5) is 0. The second-order valence-electron chi connectivity index (χ2n) is 11.9. The standard InChI is InChI=1S/C38H38Si/c1-23-13-24(2)16-29(15-23)31-9-7-11-33-35(31)19-27(5)37(33)21-39-22-38-28(6)20-36-32(10-8-12-34(36)38)30-17-25(3)14-26(4)18-30/h7-20,37-38H,21-22H2,1-6H3. The van der Waals surface area contributed by atoms with E-state index in [1.807, 2.05) is 0 Å². The average molecular weight is 523 g/mol. The first-order chi connectivity index (χ1) is 18.8. The molecular weight excluding hydrogens is 485 g/mol. The first kappa shape index (κ1) is 25.8. The van der Waals surface area contributed by atoms with Crippen molar-refractivity contribution in [3.05, 3.63) is 128 Å². The van der Waals surface area contributed by atoms with Gasteiger partial charge in [-0.2, -0.15) is 0 Å². The Kier molecular flexibility index (Phi) is 6.81. The number of hydrogen-bond acceptors (Lipinski definition) is 0. The summed E-state index contributed by atoms with van der Waals surface area (Å²) in [5, 5.41) is 0. The quantitative estimate of drug-likeness (QED) is 0.221. The van der Waals surface area contributed by atoms with Crippen LogP contribution < -0.4 is 0 Å². The smallest absolute Gasteiger partial charge is 0.0397 e. The molecule has 2 aliphatic carbocycles. The summed E-state index contributed by atoms with van der Waals surface area (Å²) in [5.41, 5.74) is 19.8. The van der Waals surface area contributed by atoms with Crippen LogP contribution in [0.5, 0.6) is 0 Å². The highest BCUT2D eigenvalue weighted by Crippen LogP contribution is 2.46. The molecule has 6 rings (SSSR count). The van der Waals surface area contributed by atoms with Crippen molar-refractivity contribution >= 4 is 21.7 Å². The van der Waals surface area contributed by atoms with Gasteiger partial charge in [-0.25, -0.2) is 0 Å². The predicted octanol–water partition coefficient (Wildman–Crippen LogP) is 10.5. The maximum atomic E-state index is 2.46. The highest BCUT2D eigenvalue weighted by atomic mass is 28.2. The van der Waals surface area contributed by atoms with Crippen LogP contribution in [0.1, 0.15) is 70.2 Å². The minimum Gasteiger partial charge on any atom is -0.0655 e. The zero-order chi connectivity index (χ0) is 27.3. The largest absolute Gasteiger partial charge is 0.0655 e. The Morgan fingerprint density at radius 3 is 1.28 bits per heavy atom. The number of aryl methyl sites for hydroxylation is 4. The Labute approximate surface area is 237 Å². The van der Waals surface area contributed by atoms with Gasteiger partial charge in [-0.15, -0.1) is 0 Å². The van der Waals surface area contributed by atoms with Crippen molar-refractivity contribution in [3.63, 3.8) is 0 Å². The molecule has 194 valence electrons. The molecule has 4 aromatic rings. The van der Waals surface area contributed by atoms with E-state index in [-0.39, 0.29) is 0 Å². The summed E-state index contributed by atoms with van der Waals surface area (Å²) in [6.45, 7) is 13.5. The molecule has 0 aliphatic heterocycles. The van der Waals surface area contributed by atoms with E-state index >= 15 is 0 Å². The van der Waals surface area contributed by atoms with E-state index in [1.54, 1.807) is 0 Å². The third-order valence-corrected chi connectivity index (χ3v) is 10.0. The first-order valence-electron chi connectivity index (χ1n) is 14.3. The van der Waals surface area contributed by atoms with Gasteiger partial charge in [-0.1, -0.05) is 130 Å². The molecule has 0 fully saturated rings. The van der Waals surface area contributed by atoms with E-state index in [2.05, 4.69) is 126 Å². The molecule has 4 aromatic carbocycles. The van der Waals surface area contributed by atoms with E-state index in [9.17, 15) is 0 Å². The molecule has 2 aliphatic rings. The number of allylic oxidation sites excluding steroid dienone is 2. The van der Waals surface area contributed by atoms with E-state index in [0.717, 1.165) is 9.52 Å². The maximum Gasteiger partial charge on any atom is 0.0397 e. The van der Waals surface area contributed by atoms with Crippen LogP contribution >= 0.6 is 0 Å². The van der Waals surface area contributed by atoms with Gasteiger partial charge >= 0.3 is 0 Å². The zero-order valence-electron chi connectivity index (χ0n) is 24.2. The van der Waals surface area contributed by atoms with Crippen LogP contribution in [-0.4, -0.2) is 9.52 Å². The van der Waals surface area contributed by atoms with Gasteiger partial charge in [-0.3, -0.25) is 0 Å². The predicted molar refractivity (Wildman–Crippen MR) is 171 cm³/mol. The van der Waals surface area contributed by atoms with Gasteiger partial charge in [0.05, 0.1) is 0 Å². The molecule has 0 spiro atoms. The van der Waals surface area contributed by atoms with Gasteiger partial charge in [0.2, 0.25) is 0 Å². The van der Waals surface area contributed by atoms with Crippen molar-refractivity contribution in [2.75, 3.05) is 0 Å². The highest BCUT2D eigenvalue weighted by molar-refractivity contribution is 6.36. The number of rotatable bonds is 6. The van der Waals surface area contributed by atoms with Gasteiger partial charge in [0.15, 0.2) is 0 Å². The van der Waals surface area contributed by atoms with Gasteiger partial charge in [0, 0.05) is 21.4 Å². The van der Waals surface area contributed by atoms with Crippen LogP contribution in [0.4, 0.5) is 0 Å². The van der Waals surface area contributed by atoms with E-state index in [4.69, 9.17) is 0 Å². The van der Waals surface area contributed by atoms with Crippen molar-refractivity contribution < 1.29 is 0 Å². The number of benzene rings is 4. The van der Waals surface area contributed by atoms with Crippen LogP contribution in [0.15, 0.2) is 83.9 Å². The second kappa shape index (κ2) is 10.3. The molecule has 0 amide bonds. The normalized spacial score (nSPS) is 17.6. The summed E-state index contributed by atoms with van der Waals surface area (Å²) < 4.78 is 0. The SMILES string of the molecule is CC1=Cc2c(-c3cc(C)cc(C)c3)cccc2C1C[Si]CC1C(C)=Cc2c(-c3cc(C)cc(C)c3)cccc21. The third kappa shape index (κ3) is 4.90. The lowest BCUT2D eigenvalue weighted by atomic mass is 9.92. The van der Waals surface area contributed by atoms with Crippen LogP contribution in [0, 0.1) is 27.7 Å². The maximum absolute atomic E-state index is 2.46. The zero-order valence-corrected chi connectivity index (χ0v) is 25.2. The summed E-state index contributed by atoms with van der Waals surface area (Å²) in [6, 6.07) is 30.2.